The summed E-state index contributed by atoms with van der Waals surface area (Å²) in [7, 11) is 0. The SMILES string of the molecule is Cc1cc(NC(=O)CC(C)CC(=O)O)cc(C)c1Br. The van der Waals surface area contributed by atoms with Gasteiger partial charge < -0.3 is 10.4 Å². The molecule has 104 valence electrons. The number of rotatable bonds is 5. The molecule has 0 saturated heterocycles. The Labute approximate surface area is 121 Å². The van der Waals surface area contributed by atoms with E-state index in [1.165, 1.54) is 0 Å². The van der Waals surface area contributed by atoms with Gasteiger partial charge in [-0.2, -0.15) is 0 Å². The number of amides is 1. The normalized spacial score (nSPS) is 12.0. The van der Waals surface area contributed by atoms with Crippen LogP contribution in [0.5, 0.6) is 0 Å². The lowest BCUT2D eigenvalue weighted by Gasteiger charge is -2.11. The van der Waals surface area contributed by atoms with Crippen molar-refractivity contribution >= 4 is 33.5 Å². The summed E-state index contributed by atoms with van der Waals surface area (Å²) in [5, 5.41) is 11.5. The van der Waals surface area contributed by atoms with Gasteiger partial charge in [0.25, 0.3) is 0 Å². The zero-order chi connectivity index (χ0) is 14.6. The van der Waals surface area contributed by atoms with Crippen molar-refractivity contribution < 1.29 is 14.7 Å². The molecular formula is C14H18BrNO3. The first-order chi connectivity index (χ1) is 8.79. The summed E-state index contributed by atoms with van der Waals surface area (Å²) in [5.74, 6) is -1.21. The minimum Gasteiger partial charge on any atom is -0.481 e. The number of benzene rings is 1. The van der Waals surface area contributed by atoms with Crippen molar-refractivity contribution in [3.8, 4) is 0 Å². The first kappa shape index (κ1) is 15.7. The highest BCUT2D eigenvalue weighted by Gasteiger charge is 2.13. The van der Waals surface area contributed by atoms with Crippen molar-refractivity contribution in [2.75, 3.05) is 5.32 Å². The van der Waals surface area contributed by atoms with Gasteiger partial charge in [-0.3, -0.25) is 9.59 Å². The molecule has 0 aromatic heterocycles. The van der Waals surface area contributed by atoms with E-state index in [1.807, 2.05) is 26.0 Å². The monoisotopic (exact) mass is 327 g/mol. The van der Waals surface area contributed by atoms with Gasteiger partial charge in [0.2, 0.25) is 5.91 Å². The van der Waals surface area contributed by atoms with Crippen LogP contribution in [-0.2, 0) is 9.59 Å². The molecular weight excluding hydrogens is 310 g/mol. The fraction of sp³-hybridized carbons (Fsp3) is 0.429. The first-order valence-electron chi connectivity index (χ1n) is 6.08. The van der Waals surface area contributed by atoms with E-state index in [0.717, 1.165) is 21.3 Å². The molecule has 0 bridgehead atoms. The Balaban J connectivity index is 2.65. The van der Waals surface area contributed by atoms with Gasteiger partial charge in [-0.25, -0.2) is 0 Å². The van der Waals surface area contributed by atoms with Gasteiger partial charge in [-0.15, -0.1) is 0 Å². The van der Waals surface area contributed by atoms with Crippen molar-refractivity contribution in [3.63, 3.8) is 0 Å². The highest BCUT2D eigenvalue weighted by molar-refractivity contribution is 9.10. The number of aliphatic carboxylic acids is 1. The zero-order valence-corrected chi connectivity index (χ0v) is 12.9. The molecule has 0 saturated carbocycles. The van der Waals surface area contributed by atoms with Crippen LogP contribution in [0.4, 0.5) is 5.69 Å². The predicted molar refractivity (Wildman–Crippen MR) is 78.3 cm³/mol. The van der Waals surface area contributed by atoms with Crippen LogP contribution in [0, 0.1) is 19.8 Å². The summed E-state index contributed by atoms with van der Waals surface area (Å²) in [4.78, 5) is 22.3. The van der Waals surface area contributed by atoms with E-state index >= 15 is 0 Å². The Hall–Kier alpha value is -1.36. The second kappa shape index (κ2) is 6.70. The van der Waals surface area contributed by atoms with Gasteiger partial charge in [0.05, 0.1) is 0 Å². The van der Waals surface area contributed by atoms with Crippen LogP contribution in [0.15, 0.2) is 16.6 Å². The first-order valence-corrected chi connectivity index (χ1v) is 6.87. The topological polar surface area (TPSA) is 66.4 Å². The fourth-order valence-corrected chi connectivity index (χ4v) is 2.15. The molecule has 0 spiro atoms. The largest absolute Gasteiger partial charge is 0.481 e. The van der Waals surface area contributed by atoms with E-state index < -0.39 is 5.97 Å². The standard InChI is InChI=1S/C14H18BrNO3/c1-8(5-13(18)19)4-12(17)16-11-6-9(2)14(15)10(3)7-11/h6-8H,4-5H2,1-3H3,(H,16,17)(H,18,19). The molecule has 1 aromatic carbocycles. The van der Waals surface area contributed by atoms with Crippen LogP contribution in [0.25, 0.3) is 0 Å². The summed E-state index contributed by atoms with van der Waals surface area (Å²) in [5.41, 5.74) is 2.84. The Morgan fingerprint density at radius 2 is 1.79 bits per heavy atom. The highest BCUT2D eigenvalue weighted by Crippen LogP contribution is 2.25. The number of carboxylic acids is 1. The Kier molecular flexibility index (Phi) is 5.54. The van der Waals surface area contributed by atoms with E-state index in [2.05, 4.69) is 21.2 Å². The van der Waals surface area contributed by atoms with Crippen LogP contribution in [0.3, 0.4) is 0 Å². The molecule has 0 aliphatic rings. The van der Waals surface area contributed by atoms with Gasteiger partial charge >= 0.3 is 5.97 Å². The van der Waals surface area contributed by atoms with E-state index in [4.69, 9.17) is 5.11 Å². The molecule has 5 heteroatoms. The summed E-state index contributed by atoms with van der Waals surface area (Å²) in [6.07, 6.45) is 0.215. The number of hydrogen-bond acceptors (Lipinski definition) is 2. The molecule has 1 rings (SSSR count). The number of carboxylic acid groups (broad SMARTS) is 1. The lowest BCUT2D eigenvalue weighted by molar-refractivity contribution is -0.138. The van der Waals surface area contributed by atoms with Crippen LogP contribution in [0.2, 0.25) is 0 Å². The predicted octanol–water partition coefficient (Wildman–Crippen LogP) is 3.51. The molecule has 0 aliphatic heterocycles. The van der Waals surface area contributed by atoms with E-state index in [1.54, 1.807) is 6.92 Å². The molecule has 1 aromatic rings. The second-order valence-corrected chi connectivity index (χ2v) is 5.67. The van der Waals surface area contributed by atoms with Crippen LogP contribution in [-0.4, -0.2) is 17.0 Å². The molecule has 0 heterocycles. The second-order valence-electron chi connectivity index (χ2n) is 4.88. The molecule has 0 fully saturated rings. The van der Waals surface area contributed by atoms with Crippen LogP contribution < -0.4 is 5.32 Å². The minimum absolute atomic E-state index is 0.00577. The average Bonchev–Trinajstić information content (AvgIpc) is 2.23. The third-order valence-electron chi connectivity index (χ3n) is 2.78. The van der Waals surface area contributed by atoms with Gasteiger partial charge in [-0.1, -0.05) is 22.9 Å². The Morgan fingerprint density at radius 1 is 1.26 bits per heavy atom. The lowest BCUT2D eigenvalue weighted by atomic mass is 10.0. The number of nitrogens with one attached hydrogen (secondary N) is 1. The van der Waals surface area contributed by atoms with E-state index in [-0.39, 0.29) is 24.7 Å². The third kappa shape index (κ3) is 5.03. The van der Waals surface area contributed by atoms with Crippen LogP contribution in [0.1, 0.15) is 30.9 Å². The maximum absolute atomic E-state index is 11.8. The Morgan fingerprint density at radius 3 is 2.26 bits per heavy atom. The van der Waals surface area contributed by atoms with Gasteiger partial charge in [0.15, 0.2) is 0 Å². The molecule has 0 radical (unpaired) electrons. The molecule has 1 atom stereocenters. The maximum atomic E-state index is 11.8. The molecule has 4 nitrogen and oxygen atoms in total. The summed E-state index contributed by atoms with van der Waals surface area (Å²) < 4.78 is 1.03. The number of carbonyl (C=O) groups excluding carboxylic acids is 1. The van der Waals surface area contributed by atoms with Gasteiger partial charge in [0, 0.05) is 23.0 Å². The number of aryl methyl sites for hydroxylation is 2. The van der Waals surface area contributed by atoms with Crippen molar-refractivity contribution in [1.82, 2.24) is 0 Å². The van der Waals surface area contributed by atoms with Gasteiger partial charge in [-0.05, 0) is 43.0 Å². The number of anilines is 1. The van der Waals surface area contributed by atoms with Crippen molar-refractivity contribution in [2.24, 2.45) is 5.92 Å². The summed E-state index contributed by atoms with van der Waals surface area (Å²) in [6.45, 7) is 5.67. The summed E-state index contributed by atoms with van der Waals surface area (Å²) in [6, 6.07) is 3.77. The van der Waals surface area contributed by atoms with Crippen molar-refractivity contribution in [1.29, 1.82) is 0 Å². The number of hydrogen-bond donors (Lipinski definition) is 2. The van der Waals surface area contributed by atoms with Crippen molar-refractivity contribution in [2.45, 2.75) is 33.6 Å². The Bertz CT molecular complexity index is 476. The third-order valence-corrected chi connectivity index (χ3v) is 4.03. The van der Waals surface area contributed by atoms with E-state index in [9.17, 15) is 9.59 Å². The average molecular weight is 328 g/mol. The molecule has 19 heavy (non-hydrogen) atoms. The quantitative estimate of drug-likeness (QED) is 0.869. The minimum atomic E-state index is -0.879. The highest BCUT2D eigenvalue weighted by atomic mass is 79.9. The number of halogens is 1. The van der Waals surface area contributed by atoms with Crippen molar-refractivity contribution in [3.05, 3.63) is 27.7 Å². The van der Waals surface area contributed by atoms with E-state index in [0.29, 0.717) is 0 Å². The number of carbonyl (C=O) groups is 2. The molecule has 1 amide bonds. The van der Waals surface area contributed by atoms with Gasteiger partial charge in [0.1, 0.15) is 0 Å². The molecule has 0 aliphatic carbocycles. The molecule has 2 N–H and O–H groups in total. The smallest absolute Gasteiger partial charge is 0.303 e. The maximum Gasteiger partial charge on any atom is 0.303 e. The summed E-state index contributed by atoms with van der Waals surface area (Å²) >= 11 is 3.47. The zero-order valence-electron chi connectivity index (χ0n) is 11.3. The van der Waals surface area contributed by atoms with Crippen LogP contribution >= 0.6 is 15.9 Å². The molecule has 1 unspecified atom stereocenters. The lowest BCUT2D eigenvalue weighted by Crippen LogP contribution is -2.17. The fourth-order valence-electron chi connectivity index (χ4n) is 1.92.